The lowest BCUT2D eigenvalue weighted by molar-refractivity contribution is -0.0586. The molecule has 9 heteroatoms. The molecule has 1 fully saturated rings. The topological polar surface area (TPSA) is 97.4 Å². The van der Waals surface area contributed by atoms with E-state index in [2.05, 4.69) is 15.0 Å². The van der Waals surface area contributed by atoms with Gasteiger partial charge in [-0.3, -0.25) is 9.59 Å². The van der Waals surface area contributed by atoms with Crippen molar-refractivity contribution in [2.24, 2.45) is 0 Å². The Morgan fingerprint density at radius 3 is 2.53 bits per heavy atom. The Labute approximate surface area is 190 Å². The molecule has 3 heterocycles. The Balaban J connectivity index is 1.50. The lowest BCUT2D eigenvalue weighted by Crippen LogP contribution is -2.48. The molecule has 3 atom stereocenters. The number of pyridine rings is 1. The Morgan fingerprint density at radius 1 is 1.22 bits per heavy atom. The van der Waals surface area contributed by atoms with E-state index in [1.807, 2.05) is 18.7 Å². The van der Waals surface area contributed by atoms with Crippen LogP contribution in [0.3, 0.4) is 0 Å². The quantitative estimate of drug-likeness (QED) is 0.643. The first-order valence-corrected chi connectivity index (χ1v) is 10.9. The monoisotopic (exact) mass is 456 g/mol. The molecule has 1 amide bonds. The average Bonchev–Trinajstić information content (AvgIpc) is 2.72. The maximum atomic E-state index is 12.8. The summed E-state index contributed by atoms with van der Waals surface area (Å²) in [5, 5.41) is 0.366. The number of aryl methyl sites for hydroxylation is 1. The predicted molar refractivity (Wildman–Crippen MR) is 121 cm³/mol. The van der Waals surface area contributed by atoms with Crippen molar-refractivity contribution in [1.29, 1.82) is 0 Å². The summed E-state index contributed by atoms with van der Waals surface area (Å²) in [7, 11) is 0. The van der Waals surface area contributed by atoms with Crippen LogP contribution in [0.1, 0.15) is 48.8 Å². The number of rotatable bonds is 4. The van der Waals surface area contributed by atoms with Crippen molar-refractivity contribution in [2.45, 2.75) is 46.0 Å². The molecule has 0 spiro atoms. The molecule has 0 radical (unpaired) electrons. The van der Waals surface area contributed by atoms with Gasteiger partial charge in [0.25, 0.3) is 11.5 Å². The molecule has 3 aromatic rings. The second-order valence-electron chi connectivity index (χ2n) is 8.13. The highest BCUT2D eigenvalue weighted by Gasteiger charge is 2.26. The van der Waals surface area contributed by atoms with Gasteiger partial charge in [0.1, 0.15) is 23.4 Å². The fraction of sp³-hybridized carbons (Fsp3) is 0.391. The Kier molecular flexibility index (Phi) is 6.17. The highest BCUT2D eigenvalue weighted by molar-refractivity contribution is 6.31. The molecule has 168 valence electrons. The Bertz CT molecular complexity index is 1200. The maximum absolute atomic E-state index is 12.8. The fourth-order valence-corrected chi connectivity index (χ4v) is 4.22. The normalized spacial score (nSPS) is 19.7. The third-order valence-corrected chi connectivity index (χ3v) is 5.59. The SMILES string of the molecule is Cc1nc2cc(Cl)c(C(C)Oc3ccc(C(=O)N4CC(C)OC(C)C4)cc3)nc2c(=O)[nH]1. The first kappa shape index (κ1) is 22.2. The van der Waals surface area contributed by atoms with E-state index >= 15 is 0 Å². The maximum Gasteiger partial charge on any atom is 0.277 e. The van der Waals surface area contributed by atoms with Gasteiger partial charge in [-0.2, -0.15) is 0 Å². The van der Waals surface area contributed by atoms with Crippen molar-refractivity contribution >= 4 is 28.5 Å². The van der Waals surface area contributed by atoms with Crippen LogP contribution < -0.4 is 10.3 Å². The molecule has 8 nitrogen and oxygen atoms in total. The summed E-state index contributed by atoms with van der Waals surface area (Å²) in [6.45, 7) is 8.56. The van der Waals surface area contributed by atoms with Crippen LogP contribution >= 0.6 is 11.6 Å². The third kappa shape index (κ3) is 4.61. The van der Waals surface area contributed by atoms with E-state index in [1.165, 1.54) is 0 Å². The number of hydrogen-bond acceptors (Lipinski definition) is 6. The molecule has 0 aliphatic carbocycles. The first-order valence-electron chi connectivity index (χ1n) is 10.5. The number of carbonyl (C=O) groups excluding carboxylic acids is 1. The molecular formula is C23H25ClN4O4. The molecule has 1 N–H and O–H groups in total. The van der Waals surface area contributed by atoms with E-state index < -0.39 is 6.10 Å². The number of amides is 1. The Morgan fingerprint density at radius 2 is 1.88 bits per heavy atom. The molecular weight excluding hydrogens is 432 g/mol. The summed E-state index contributed by atoms with van der Waals surface area (Å²) in [5.74, 6) is 1.02. The number of fused-ring (bicyclic) bond motifs is 1. The molecule has 1 aromatic carbocycles. The number of morpholine rings is 1. The van der Waals surface area contributed by atoms with Crippen LogP contribution in [0, 0.1) is 6.92 Å². The number of aromatic nitrogens is 3. The summed E-state index contributed by atoms with van der Waals surface area (Å²) < 4.78 is 11.7. The van der Waals surface area contributed by atoms with Gasteiger partial charge in [0.2, 0.25) is 0 Å². The number of H-pyrrole nitrogens is 1. The van der Waals surface area contributed by atoms with E-state index in [0.29, 0.717) is 46.5 Å². The summed E-state index contributed by atoms with van der Waals surface area (Å²) in [6.07, 6.45) is -0.497. The van der Waals surface area contributed by atoms with Gasteiger partial charge in [0.15, 0.2) is 5.52 Å². The van der Waals surface area contributed by atoms with Crippen molar-refractivity contribution in [3.05, 3.63) is 62.8 Å². The van der Waals surface area contributed by atoms with Crippen molar-refractivity contribution in [2.75, 3.05) is 13.1 Å². The molecule has 0 bridgehead atoms. The van der Waals surface area contributed by atoms with E-state index in [9.17, 15) is 9.59 Å². The minimum atomic E-state index is -0.518. The zero-order valence-electron chi connectivity index (χ0n) is 18.4. The Hall–Kier alpha value is -2.97. The number of nitrogens with zero attached hydrogens (tertiary/aromatic N) is 3. The van der Waals surface area contributed by atoms with Crippen molar-refractivity contribution < 1.29 is 14.3 Å². The fourth-order valence-electron chi connectivity index (χ4n) is 3.93. The predicted octanol–water partition coefficient (Wildman–Crippen LogP) is 3.67. The smallest absolute Gasteiger partial charge is 0.277 e. The second-order valence-corrected chi connectivity index (χ2v) is 8.53. The summed E-state index contributed by atoms with van der Waals surface area (Å²) in [5.41, 5.74) is 1.34. The molecule has 3 unspecified atom stereocenters. The van der Waals surface area contributed by atoms with E-state index in [1.54, 1.807) is 44.2 Å². The van der Waals surface area contributed by atoms with Crippen LogP contribution in [0.2, 0.25) is 5.02 Å². The van der Waals surface area contributed by atoms with Gasteiger partial charge in [-0.05, 0) is 58.0 Å². The van der Waals surface area contributed by atoms with Crippen molar-refractivity contribution in [3.63, 3.8) is 0 Å². The van der Waals surface area contributed by atoms with E-state index in [-0.39, 0.29) is 29.2 Å². The van der Waals surface area contributed by atoms with Crippen LogP contribution in [0.5, 0.6) is 5.75 Å². The zero-order valence-corrected chi connectivity index (χ0v) is 19.1. The van der Waals surface area contributed by atoms with Crippen LogP contribution in [-0.2, 0) is 4.74 Å². The van der Waals surface area contributed by atoms with Crippen molar-refractivity contribution in [3.8, 4) is 5.75 Å². The number of ether oxygens (including phenoxy) is 2. The standard InChI is InChI=1S/C23H25ClN4O4/c1-12-10-28(11-13(2)31-12)23(30)16-5-7-17(8-6-16)32-14(3)20-18(24)9-19-21(27-20)22(29)26-15(4)25-19/h5-9,12-14H,10-11H2,1-4H3,(H,25,26,29). The third-order valence-electron chi connectivity index (χ3n) is 5.29. The van der Waals surface area contributed by atoms with Crippen LogP contribution in [-0.4, -0.2) is 51.1 Å². The number of aromatic amines is 1. The summed E-state index contributed by atoms with van der Waals surface area (Å²) >= 11 is 6.39. The van der Waals surface area contributed by atoms with Gasteiger partial charge < -0.3 is 19.4 Å². The molecule has 4 rings (SSSR count). The molecule has 1 saturated heterocycles. The lowest BCUT2D eigenvalue weighted by Gasteiger charge is -2.35. The van der Waals surface area contributed by atoms with Crippen LogP contribution in [0.15, 0.2) is 35.1 Å². The van der Waals surface area contributed by atoms with Gasteiger partial charge in [-0.25, -0.2) is 9.97 Å². The molecule has 2 aromatic heterocycles. The lowest BCUT2D eigenvalue weighted by atomic mass is 10.1. The largest absolute Gasteiger partial charge is 0.484 e. The van der Waals surface area contributed by atoms with Crippen LogP contribution in [0.4, 0.5) is 0 Å². The van der Waals surface area contributed by atoms with E-state index in [4.69, 9.17) is 21.1 Å². The van der Waals surface area contributed by atoms with Gasteiger partial charge >= 0.3 is 0 Å². The number of halogens is 1. The van der Waals surface area contributed by atoms with Crippen LogP contribution in [0.25, 0.3) is 11.0 Å². The average molecular weight is 457 g/mol. The first-order chi connectivity index (χ1) is 15.2. The van der Waals surface area contributed by atoms with Gasteiger partial charge in [-0.1, -0.05) is 11.6 Å². The molecule has 32 heavy (non-hydrogen) atoms. The molecule has 0 saturated carbocycles. The second kappa shape index (κ2) is 8.88. The number of nitrogens with one attached hydrogen (secondary N) is 1. The van der Waals surface area contributed by atoms with E-state index in [0.717, 1.165) is 0 Å². The van der Waals surface area contributed by atoms with Gasteiger partial charge in [0.05, 0.1) is 22.7 Å². The van der Waals surface area contributed by atoms with Gasteiger partial charge in [0, 0.05) is 18.7 Å². The summed E-state index contributed by atoms with van der Waals surface area (Å²) in [4.78, 5) is 38.2. The minimum Gasteiger partial charge on any atom is -0.484 e. The molecule has 1 aliphatic heterocycles. The highest BCUT2D eigenvalue weighted by atomic mass is 35.5. The number of carbonyl (C=O) groups is 1. The number of hydrogen-bond donors (Lipinski definition) is 1. The minimum absolute atomic E-state index is 0.0108. The number of benzene rings is 1. The summed E-state index contributed by atoms with van der Waals surface area (Å²) in [6, 6.07) is 8.57. The highest BCUT2D eigenvalue weighted by Crippen LogP contribution is 2.28. The van der Waals surface area contributed by atoms with Crippen molar-refractivity contribution in [1.82, 2.24) is 19.9 Å². The zero-order chi connectivity index (χ0) is 23.0. The van der Waals surface area contributed by atoms with Gasteiger partial charge in [-0.15, -0.1) is 0 Å². The molecule has 1 aliphatic rings.